The molecule has 0 bridgehead atoms. The number of rotatable bonds is 5. The quantitative estimate of drug-likeness (QED) is 0.768. The molecule has 0 radical (unpaired) electrons. The summed E-state index contributed by atoms with van der Waals surface area (Å²) in [7, 11) is 0. The van der Waals surface area contributed by atoms with Crippen LogP contribution in [0.25, 0.3) is 0 Å². The Morgan fingerprint density at radius 1 is 1.33 bits per heavy atom. The van der Waals surface area contributed by atoms with Crippen molar-refractivity contribution in [3.8, 4) is 0 Å². The zero-order chi connectivity index (χ0) is 13.5. The van der Waals surface area contributed by atoms with E-state index in [9.17, 15) is 9.59 Å². The van der Waals surface area contributed by atoms with Crippen LogP contribution in [-0.2, 0) is 9.59 Å². The van der Waals surface area contributed by atoms with Crippen LogP contribution in [0.1, 0.15) is 33.1 Å². The van der Waals surface area contributed by atoms with E-state index in [2.05, 4.69) is 24.1 Å². The van der Waals surface area contributed by atoms with E-state index in [4.69, 9.17) is 5.11 Å². The first-order chi connectivity index (χ1) is 8.49. The van der Waals surface area contributed by atoms with E-state index >= 15 is 0 Å². The second kappa shape index (κ2) is 7.36. The Kier molecular flexibility index (Phi) is 6.12. The van der Waals surface area contributed by atoms with Crippen LogP contribution in [-0.4, -0.2) is 48.1 Å². The predicted molar refractivity (Wildman–Crippen MR) is 69.3 cm³/mol. The average Bonchev–Trinajstić information content (AvgIpc) is 2.52. The first-order valence-electron chi connectivity index (χ1n) is 6.70. The molecule has 1 rings (SSSR count). The van der Waals surface area contributed by atoms with Gasteiger partial charge in [-0.15, -0.1) is 0 Å². The summed E-state index contributed by atoms with van der Waals surface area (Å²) in [6, 6.07) is 0. The van der Waals surface area contributed by atoms with Gasteiger partial charge in [-0.1, -0.05) is 13.8 Å². The molecule has 1 fully saturated rings. The molecule has 18 heavy (non-hydrogen) atoms. The van der Waals surface area contributed by atoms with E-state index in [1.54, 1.807) is 0 Å². The van der Waals surface area contributed by atoms with Crippen LogP contribution in [0, 0.1) is 11.8 Å². The highest BCUT2D eigenvalue weighted by molar-refractivity contribution is 5.82. The van der Waals surface area contributed by atoms with Crippen LogP contribution >= 0.6 is 0 Å². The van der Waals surface area contributed by atoms with Crippen LogP contribution in [0.3, 0.4) is 0 Å². The number of carboxylic acids is 1. The smallest absolute Gasteiger partial charge is 0.322 e. The molecule has 1 amide bonds. The Labute approximate surface area is 109 Å². The number of likely N-dealkylation sites (tertiary alicyclic amines) is 1. The number of amides is 1. The molecule has 104 valence electrons. The summed E-state index contributed by atoms with van der Waals surface area (Å²) in [5.41, 5.74) is 0. The number of carbonyl (C=O) groups excluding carboxylic acids is 1. The number of nitrogens with zero attached hydrogens (tertiary/aromatic N) is 1. The topological polar surface area (TPSA) is 69.6 Å². The van der Waals surface area contributed by atoms with Crippen molar-refractivity contribution in [1.82, 2.24) is 10.2 Å². The average molecular weight is 256 g/mol. The highest BCUT2D eigenvalue weighted by Crippen LogP contribution is 2.24. The molecule has 1 aliphatic rings. The molecular weight excluding hydrogens is 232 g/mol. The van der Waals surface area contributed by atoms with Gasteiger partial charge in [0.25, 0.3) is 0 Å². The van der Waals surface area contributed by atoms with Gasteiger partial charge in [-0.25, -0.2) is 0 Å². The van der Waals surface area contributed by atoms with Crippen molar-refractivity contribution >= 4 is 11.9 Å². The lowest BCUT2D eigenvalue weighted by molar-refractivity contribution is -0.138. The number of carbonyl (C=O) groups is 2. The molecule has 0 spiro atoms. The van der Waals surface area contributed by atoms with Gasteiger partial charge >= 0.3 is 5.97 Å². The third-order valence-electron chi connectivity index (χ3n) is 3.61. The van der Waals surface area contributed by atoms with Gasteiger partial charge in [0, 0.05) is 0 Å². The number of hydrogen-bond acceptors (Lipinski definition) is 3. The number of hydrogen-bond donors (Lipinski definition) is 2. The molecule has 0 aliphatic carbocycles. The molecule has 0 aromatic carbocycles. The van der Waals surface area contributed by atoms with Crippen molar-refractivity contribution in [3.63, 3.8) is 0 Å². The van der Waals surface area contributed by atoms with E-state index in [1.807, 2.05) is 0 Å². The lowest BCUT2D eigenvalue weighted by Crippen LogP contribution is -2.39. The summed E-state index contributed by atoms with van der Waals surface area (Å²) >= 11 is 0. The van der Waals surface area contributed by atoms with Crippen LogP contribution in [0.4, 0.5) is 0 Å². The molecule has 2 N–H and O–H groups in total. The minimum absolute atomic E-state index is 0.194. The minimum atomic E-state index is -1.00. The molecule has 0 saturated carbocycles. The molecule has 5 nitrogen and oxygen atoms in total. The Hall–Kier alpha value is -1.10. The van der Waals surface area contributed by atoms with E-state index in [0.717, 1.165) is 31.8 Å². The van der Waals surface area contributed by atoms with Gasteiger partial charge in [-0.3, -0.25) is 14.5 Å². The van der Waals surface area contributed by atoms with Crippen LogP contribution < -0.4 is 5.32 Å². The summed E-state index contributed by atoms with van der Waals surface area (Å²) in [5.74, 6) is 0.252. The summed E-state index contributed by atoms with van der Waals surface area (Å²) in [6.45, 7) is 6.40. The van der Waals surface area contributed by atoms with E-state index in [1.165, 1.54) is 6.42 Å². The predicted octanol–water partition coefficient (Wildman–Crippen LogP) is 0.945. The molecule has 1 heterocycles. The number of nitrogens with one attached hydrogen (secondary N) is 1. The van der Waals surface area contributed by atoms with Gasteiger partial charge in [-0.2, -0.15) is 0 Å². The van der Waals surface area contributed by atoms with Crippen molar-refractivity contribution in [2.75, 3.05) is 26.2 Å². The lowest BCUT2D eigenvalue weighted by atomic mass is 9.89. The summed E-state index contributed by atoms with van der Waals surface area (Å²) in [5, 5.41) is 10.9. The summed E-state index contributed by atoms with van der Waals surface area (Å²) in [4.78, 5) is 24.0. The van der Waals surface area contributed by atoms with Gasteiger partial charge < -0.3 is 10.4 Å². The minimum Gasteiger partial charge on any atom is -0.480 e. The number of aliphatic carboxylic acids is 1. The Bertz CT molecular complexity index is 292. The Morgan fingerprint density at radius 2 is 2.06 bits per heavy atom. The Balaban J connectivity index is 2.30. The molecule has 1 unspecified atom stereocenters. The molecule has 5 heteroatoms. The third-order valence-corrected chi connectivity index (χ3v) is 3.61. The normalized spacial score (nSPS) is 21.6. The first kappa shape index (κ1) is 15.0. The zero-order valence-electron chi connectivity index (χ0n) is 11.3. The largest absolute Gasteiger partial charge is 0.480 e. The van der Waals surface area contributed by atoms with Gasteiger partial charge in [0.2, 0.25) is 5.91 Å². The first-order valence-corrected chi connectivity index (χ1v) is 6.70. The SMILES string of the molecule is CC(C)C1CCCN(CC(=O)NCC(=O)O)CC1. The second-order valence-corrected chi connectivity index (χ2v) is 5.38. The molecule has 1 aliphatic heterocycles. The van der Waals surface area contributed by atoms with Crippen LogP contribution in [0.15, 0.2) is 0 Å². The van der Waals surface area contributed by atoms with Crippen molar-refractivity contribution in [1.29, 1.82) is 0 Å². The fraction of sp³-hybridized carbons (Fsp3) is 0.846. The fourth-order valence-electron chi connectivity index (χ4n) is 2.44. The monoisotopic (exact) mass is 256 g/mol. The highest BCUT2D eigenvalue weighted by Gasteiger charge is 2.20. The van der Waals surface area contributed by atoms with Crippen LogP contribution in [0.2, 0.25) is 0 Å². The highest BCUT2D eigenvalue weighted by atomic mass is 16.4. The molecule has 1 saturated heterocycles. The van der Waals surface area contributed by atoms with Crippen molar-refractivity contribution in [3.05, 3.63) is 0 Å². The lowest BCUT2D eigenvalue weighted by Gasteiger charge is -2.20. The zero-order valence-corrected chi connectivity index (χ0v) is 11.3. The molecule has 0 aromatic heterocycles. The molecule has 1 atom stereocenters. The standard InChI is InChI=1S/C13H24N2O3/c1-10(2)11-4-3-6-15(7-5-11)9-12(16)14-8-13(17)18/h10-11H,3-9H2,1-2H3,(H,14,16)(H,17,18). The maximum absolute atomic E-state index is 11.5. The van der Waals surface area contributed by atoms with Gasteiger partial charge in [0.15, 0.2) is 0 Å². The van der Waals surface area contributed by atoms with Gasteiger partial charge in [0.1, 0.15) is 6.54 Å². The molecular formula is C13H24N2O3. The van der Waals surface area contributed by atoms with E-state index < -0.39 is 5.97 Å². The van der Waals surface area contributed by atoms with Crippen LogP contribution in [0.5, 0.6) is 0 Å². The summed E-state index contributed by atoms with van der Waals surface area (Å²) in [6.07, 6.45) is 3.48. The number of carboxylic acid groups (broad SMARTS) is 1. The van der Waals surface area contributed by atoms with Gasteiger partial charge in [0.05, 0.1) is 6.54 Å². The Morgan fingerprint density at radius 3 is 2.67 bits per heavy atom. The maximum Gasteiger partial charge on any atom is 0.322 e. The van der Waals surface area contributed by atoms with Crippen molar-refractivity contribution < 1.29 is 14.7 Å². The van der Waals surface area contributed by atoms with Crippen molar-refractivity contribution in [2.45, 2.75) is 33.1 Å². The second-order valence-electron chi connectivity index (χ2n) is 5.38. The maximum atomic E-state index is 11.5. The fourth-order valence-corrected chi connectivity index (χ4v) is 2.44. The third kappa shape index (κ3) is 5.49. The van der Waals surface area contributed by atoms with Crippen molar-refractivity contribution in [2.24, 2.45) is 11.8 Å². The van der Waals surface area contributed by atoms with E-state index in [-0.39, 0.29) is 12.5 Å². The van der Waals surface area contributed by atoms with Gasteiger partial charge in [-0.05, 0) is 44.2 Å². The van der Waals surface area contributed by atoms with E-state index in [0.29, 0.717) is 12.5 Å². The summed E-state index contributed by atoms with van der Waals surface area (Å²) < 4.78 is 0. The molecule has 0 aromatic rings.